The van der Waals surface area contributed by atoms with Gasteiger partial charge in [0, 0.05) is 38.8 Å². The van der Waals surface area contributed by atoms with Crippen LogP contribution in [0, 0.1) is 10.1 Å². The summed E-state index contributed by atoms with van der Waals surface area (Å²) in [6.07, 6.45) is 0. The monoisotopic (exact) mass is 292 g/mol. The lowest BCUT2D eigenvalue weighted by Gasteiger charge is -2.36. The van der Waals surface area contributed by atoms with E-state index in [9.17, 15) is 10.1 Å². The summed E-state index contributed by atoms with van der Waals surface area (Å²) in [7, 11) is 2.12. The summed E-state index contributed by atoms with van der Waals surface area (Å²) in [5, 5.41) is 14.4. The largest absolute Gasteiger partial charge is 0.489 e. The summed E-state index contributed by atoms with van der Waals surface area (Å²) in [5.74, 6) is 0.568. The molecule has 1 fully saturated rings. The number of para-hydroxylation sites is 1. The van der Waals surface area contributed by atoms with E-state index in [4.69, 9.17) is 4.74 Å². The van der Waals surface area contributed by atoms with Gasteiger partial charge in [-0.25, -0.2) is 0 Å². The Morgan fingerprint density at radius 1 is 1.38 bits per heavy atom. The van der Waals surface area contributed by atoms with Crippen LogP contribution in [0.25, 0.3) is 0 Å². The zero-order valence-electron chi connectivity index (χ0n) is 12.1. The number of anilines is 1. The van der Waals surface area contributed by atoms with Crippen LogP contribution in [0.1, 0.15) is 0 Å². The zero-order valence-corrected chi connectivity index (χ0v) is 12.1. The maximum absolute atomic E-state index is 11.1. The van der Waals surface area contributed by atoms with Crippen molar-refractivity contribution >= 4 is 11.4 Å². The highest BCUT2D eigenvalue weighted by Crippen LogP contribution is 2.37. The van der Waals surface area contributed by atoms with Gasteiger partial charge in [-0.2, -0.15) is 0 Å². The number of ether oxygens (including phenoxy) is 1. The second kappa shape index (κ2) is 5.87. The molecule has 2 aliphatic rings. The van der Waals surface area contributed by atoms with Gasteiger partial charge >= 0.3 is 0 Å². The molecule has 0 spiro atoms. The number of hydrogen-bond acceptors (Lipinski definition) is 6. The molecule has 7 nitrogen and oxygen atoms in total. The van der Waals surface area contributed by atoms with Crippen LogP contribution in [-0.4, -0.2) is 67.1 Å². The third-order valence-electron chi connectivity index (χ3n) is 4.06. The van der Waals surface area contributed by atoms with E-state index in [1.54, 1.807) is 12.1 Å². The first-order valence-corrected chi connectivity index (χ1v) is 7.21. The van der Waals surface area contributed by atoms with Gasteiger partial charge in [0.2, 0.25) is 0 Å². The number of likely N-dealkylation sites (N-methyl/N-ethyl adjacent to an activating group) is 1. The Kier molecular flexibility index (Phi) is 3.94. The Labute approximate surface area is 123 Å². The molecule has 1 aromatic rings. The van der Waals surface area contributed by atoms with E-state index in [1.807, 2.05) is 0 Å². The third kappa shape index (κ3) is 3.08. The Bertz CT molecular complexity index is 529. The van der Waals surface area contributed by atoms with Gasteiger partial charge in [-0.05, 0) is 13.1 Å². The minimum absolute atomic E-state index is 0.0792. The number of nitrogens with one attached hydrogen (secondary N) is 1. The van der Waals surface area contributed by atoms with E-state index in [0.717, 1.165) is 32.7 Å². The molecular formula is C14H20N4O3. The predicted octanol–water partition coefficient (Wildman–Crippen LogP) is 1.02. The standard InChI is InChI=1S/C14H20N4O3/c1-16-5-7-17(8-6-16)9-11-10-21-13-4-2-3-12(18(19)20)14(13)15-11/h2-4,11,15H,5-10H2,1H3/t11-/m0/s1. The van der Waals surface area contributed by atoms with Crippen molar-refractivity contribution < 1.29 is 9.66 Å². The van der Waals surface area contributed by atoms with E-state index < -0.39 is 0 Å². The van der Waals surface area contributed by atoms with Crippen molar-refractivity contribution in [2.75, 3.05) is 51.7 Å². The molecule has 114 valence electrons. The zero-order chi connectivity index (χ0) is 14.8. The van der Waals surface area contributed by atoms with Gasteiger partial charge in [-0.3, -0.25) is 15.0 Å². The second-order valence-electron chi connectivity index (χ2n) is 5.66. The molecule has 3 rings (SSSR count). The molecule has 21 heavy (non-hydrogen) atoms. The topological polar surface area (TPSA) is 70.9 Å². The van der Waals surface area contributed by atoms with Crippen LogP contribution in [0.2, 0.25) is 0 Å². The normalized spacial score (nSPS) is 23.0. The number of piperazine rings is 1. The summed E-state index contributed by atoms with van der Waals surface area (Å²) in [6, 6.07) is 5.01. The van der Waals surface area contributed by atoms with Gasteiger partial charge < -0.3 is 15.0 Å². The van der Waals surface area contributed by atoms with E-state index in [2.05, 4.69) is 22.2 Å². The minimum Gasteiger partial charge on any atom is -0.489 e. The molecule has 0 aromatic heterocycles. The Hall–Kier alpha value is -1.86. The van der Waals surface area contributed by atoms with Gasteiger partial charge in [-0.15, -0.1) is 0 Å². The summed E-state index contributed by atoms with van der Waals surface area (Å²) in [4.78, 5) is 15.4. The molecule has 1 atom stereocenters. The minimum atomic E-state index is -0.368. The number of nitro benzene ring substituents is 1. The van der Waals surface area contributed by atoms with Crippen LogP contribution in [-0.2, 0) is 0 Å². The van der Waals surface area contributed by atoms with Crippen LogP contribution >= 0.6 is 0 Å². The lowest BCUT2D eigenvalue weighted by atomic mass is 10.1. The molecule has 2 aliphatic heterocycles. The van der Waals surface area contributed by atoms with Crippen molar-refractivity contribution in [3.8, 4) is 5.75 Å². The highest BCUT2D eigenvalue weighted by atomic mass is 16.6. The Morgan fingerprint density at radius 3 is 2.86 bits per heavy atom. The van der Waals surface area contributed by atoms with Crippen molar-refractivity contribution in [3.63, 3.8) is 0 Å². The molecule has 7 heteroatoms. The molecule has 2 heterocycles. The SMILES string of the molecule is CN1CCN(C[C@H]2COc3cccc([N+](=O)[O-])c3N2)CC1. The number of fused-ring (bicyclic) bond motifs is 1. The van der Waals surface area contributed by atoms with Crippen molar-refractivity contribution in [3.05, 3.63) is 28.3 Å². The fraction of sp³-hybridized carbons (Fsp3) is 0.571. The molecule has 0 unspecified atom stereocenters. The van der Waals surface area contributed by atoms with Crippen molar-refractivity contribution in [1.29, 1.82) is 0 Å². The van der Waals surface area contributed by atoms with Crippen molar-refractivity contribution in [1.82, 2.24) is 9.80 Å². The molecule has 1 aromatic carbocycles. The molecule has 1 saturated heterocycles. The van der Waals surface area contributed by atoms with E-state index in [-0.39, 0.29) is 16.7 Å². The van der Waals surface area contributed by atoms with Gasteiger partial charge in [-0.1, -0.05) is 6.07 Å². The molecular weight excluding hydrogens is 272 g/mol. The van der Waals surface area contributed by atoms with Gasteiger partial charge in [0.1, 0.15) is 12.4 Å². The smallest absolute Gasteiger partial charge is 0.296 e. The quantitative estimate of drug-likeness (QED) is 0.662. The summed E-state index contributed by atoms with van der Waals surface area (Å²) >= 11 is 0. The van der Waals surface area contributed by atoms with Crippen LogP contribution in [0.3, 0.4) is 0 Å². The number of rotatable bonds is 3. The molecule has 1 N–H and O–H groups in total. The van der Waals surface area contributed by atoms with E-state index in [1.165, 1.54) is 6.07 Å². The summed E-state index contributed by atoms with van der Waals surface area (Å²) < 4.78 is 5.69. The average molecular weight is 292 g/mol. The fourth-order valence-corrected chi connectivity index (χ4v) is 2.81. The second-order valence-corrected chi connectivity index (χ2v) is 5.66. The molecule has 0 amide bonds. The number of nitrogens with zero attached hydrogens (tertiary/aromatic N) is 3. The first-order valence-electron chi connectivity index (χ1n) is 7.21. The fourth-order valence-electron chi connectivity index (χ4n) is 2.81. The number of benzene rings is 1. The Morgan fingerprint density at radius 2 is 2.14 bits per heavy atom. The van der Waals surface area contributed by atoms with Crippen LogP contribution in [0.4, 0.5) is 11.4 Å². The first kappa shape index (κ1) is 14.1. The average Bonchev–Trinajstić information content (AvgIpc) is 2.49. The predicted molar refractivity (Wildman–Crippen MR) is 79.9 cm³/mol. The summed E-state index contributed by atoms with van der Waals surface area (Å²) in [6.45, 7) is 5.56. The lowest BCUT2D eigenvalue weighted by Crippen LogP contribution is -2.50. The van der Waals surface area contributed by atoms with Crippen LogP contribution < -0.4 is 10.1 Å². The molecule has 0 saturated carbocycles. The lowest BCUT2D eigenvalue weighted by molar-refractivity contribution is -0.384. The summed E-state index contributed by atoms with van der Waals surface area (Å²) in [5.41, 5.74) is 0.587. The molecule has 0 aliphatic carbocycles. The Balaban J connectivity index is 1.68. The van der Waals surface area contributed by atoms with Gasteiger partial charge in [0.15, 0.2) is 5.69 Å². The van der Waals surface area contributed by atoms with Gasteiger partial charge in [0.25, 0.3) is 5.69 Å². The maximum atomic E-state index is 11.1. The highest BCUT2D eigenvalue weighted by molar-refractivity contribution is 5.71. The maximum Gasteiger partial charge on any atom is 0.296 e. The van der Waals surface area contributed by atoms with Crippen LogP contribution in [0.15, 0.2) is 18.2 Å². The highest BCUT2D eigenvalue weighted by Gasteiger charge is 2.28. The first-order chi connectivity index (χ1) is 10.1. The third-order valence-corrected chi connectivity index (χ3v) is 4.06. The number of hydrogen-bond donors (Lipinski definition) is 1. The van der Waals surface area contributed by atoms with Gasteiger partial charge in [0.05, 0.1) is 11.0 Å². The van der Waals surface area contributed by atoms with E-state index in [0.29, 0.717) is 18.0 Å². The number of nitro groups is 1. The van der Waals surface area contributed by atoms with Crippen molar-refractivity contribution in [2.24, 2.45) is 0 Å². The van der Waals surface area contributed by atoms with E-state index >= 15 is 0 Å². The van der Waals surface area contributed by atoms with Crippen molar-refractivity contribution in [2.45, 2.75) is 6.04 Å². The molecule has 0 radical (unpaired) electrons. The van der Waals surface area contributed by atoms with Crippen LogP contribution in [0.5, 0.6) is 5.75 Å². The molecule has 0 bridgehead atoms.